The quantitative estimate of drug-likeness (QED) is 0.850. The number of nitriles is 1. The summed E-state index contributed by atoms with van der Waals surface area (Å²) in [7, 11) is 0. The summed E-state index contributed by atoms with van der Waals surface area (Å²) in [5.74, 6) is 2.07. The molecule has 0 radical (unpaired) electrons. The minimum Gasteiger partial charge on any atom is -0.490 e. The number of rotatable bonds is 6. The second-order valence-corrected chi connectivity index (χ2v) is 4.67. The van der Waals surface area contributed by atoms with Crippen molar-refractivity contribution in [3.8, 4) is 23.3 Å². The van der Waals surface area contributed by atoms with Gasteiger partial charge in [-0.15, -0.1) is 0 Å². The summed E-state index contributed by atoms with van der Waals surface area (Å²) < 4.78 is 16.2. The zero-order valence-electron chi connectivity index (χ0n) is 11.2. The highest BCUT2D eigenvalue weighted by molar-refractivity contribution is 5.46. The van der Waals surface area contributed by atoms with Crippen LogP contribution in [0.1, 0.15) is 20.3 Å². The molecule has 0 saturated carbocycles. The first-order valence-corrected chi connectivity index (χ1v) is 6.35. The molecule has 1 aliphatic heterocycles. The Bertz CT molecular complexity index is 484. The number of nitrogens with zero attached hydrogens (tertiary/aromatic N) is 1. The van der Waals surface area contributed by atoms with E-state index in [0.29, 0.717) is 11.5 Å². The van der Waals surface area contributed by atoms with E-state index in [-0.39, 0.29) is 13.4 Å². The van der Waals surface area contributed by atoms with Crippen LogP contribution in [0.2, 0.25) is 0 Å². The first kappa shape index (κ1) is 13.5. The van der Waals surface area contributed by atoms with Crippen molar-refractivity contribution in [1.82, 2.24) is 5.32 Å². The molecule has 2 rings (SSSR count). The van der Waals surface area contributed by atoms with Gasteiger partial charge in [0.05, 0.1) is 6.07 Å². The Kier molecular flexibility index (Phi) is 4.13. The summed E-state index contributed by atoms with van der Waals surface area (Å²) in [6, 6.07) is 7.64. The maximum atomic E-state index is 9.21. The molecule has 1 heterocycles. The average molecular weight is 262 g/mol. The lowest BCUT2D eigenvalue weighted by molar-refractivity contribution is 0.173. The molecule has 0 saturated heterocycles. The Morgan fingerprint density at radius 1 is 1.42 bits per heavy atom. The van der Waals surface area contributed by atoms with E-state index in [1.807, 2.05) is 13.0 Å². The molecule has 102 valence electrons. The van der Waals surface area contributed by atoms with Crippen LogP contribution in [0.25, 0.3) is 0 Å². The topological polar surface area (TPSA) is 63.5 Å². The number of fused-ring (bicyclic) bond motifs is 1. The van der Waals surface area contributed by atoms with Gasteiger partial charge >= 0.3 is 0 Å². The van der Waals surface area contributed by atoms with Crippen molar-refractivity contribution in [2.24, 2.45) is 0 Å². The fourth-order valence-corrected chi connectivity index (χ4v) is 1.72. The zero-order valence-corrected chi connectivity index (χ0v) is 11.2. The van der Waals surface area contributed by atoms with E-state index in [1.165, 1.54) is 0 Å². The van der Waals surface area contributed by atoms with Crippen LogP contribution in [0.5, 0.6) is 17.2 Å². The summed E-state index contributed by atoms with van der Waals surface area (Å²) >= 11 is 0. The molecule has 0 spiro atoms. The van der Waals surface area contributed by atoms with Crippen molar-refractivity contribution in [2.45, 2.75) is 25.8 Å². The van der Waals surface area contributed by atoms with E-state index in [9.17, 15) is 5.26 Å². The highest BCUT2D eigenvalue weighted by Crippen LogP contribution is 2.35. The molecule has 1 unspecified atom stereocenters. The van der Waals surface area contributed by atoms with Crippen molar-refractivity contribution in [3.05, 3.63) is 18.2 Å². The van der Waals surface area contributed by atoms with Crippen LogP contribution >= 0.6 is 0 Å². The third kappa shape index (κ3) is 3.30. The fraction of sp³-hybridized carbons (Fsp3) is 0.500. The second-order valence-electron chi connectivity index (χ2n) is 4.67. The van der Waals surface area contributed by atoms with Gasteiger partial charge in [0.2, 0.25) is 6.79 Å². The standard InChI is InChI=1S/C14H18N2O3/c1-3-6-16-14(2,8-15)9-17-11-4-5-12-13(7-11)19-10-18-12/h4-5,7,16H,3,6,9-10H2,1-2H3. The molecular weight excluding hydrogens is 244 g/mol. The maximum Gasteiger partial charge on any atom is 0.231 e. The molecule has 1 atom stereocenters. The SMILES string of the molecule is CCCNC(C)(C#N)COc1ccc2c(c1)OCO2. The number of hydrogen-bond acceptors (Lipinski definition) is 5. The summed E-state index contributed by atoms with van der Waals surface area (Å²) in [4.78, 5) is 0. The molecular formula is C14H18N2O3. The van der Waals surface area contributed by atoms with Crippen LogP contribution < -0.4 is 19.5 Å². The van der Waals surface area contributed by atoms with Gasteiger partial charge in [0.15, 0.2) is 11.5 Å². The van der Waals surface area contributed by atoms with Crippen molar-refractivity contribution in [1.29, 1.82) is 5.26 Å². The van der Waals surface area contributed by atoms with E-state index < -0.39 is 5.54 Å². The highest BCUT2D eigenvalue weighted by atomic mass is 16.7. The average Bonchev–Trinajstić information content (AvgIpc) is 2.90. The number of benzene rings is 1. The molecule has 0 bridgehead atoms. The summed E-state index contributed by atoms with van der Waals surface area (Å²) in [6.07, 6.45) is 0.974. The molecule has 1 aromatic rings. The molecule has 0 aliphatic carbocycles. The lowest BCUT2D eigenvalue weighted by atomic mass is 10.1. The van der Waals surface area contributed by atoms with Gasteiger partial charge in [-0.1, -0.05) is 6.92 Å². The largest absolute Gasteiger partial charge is 0.490 e. The van der Waals surface area contributed by atoms with Gasteiger partial charge < -0.3 is 14.2 Å². The van der Waals surface area contributed by atoms with E-state index in [0.717, 1.165) is 18.7 Å². The third-order valence-corrected chi connectivity index (χ3v) is 2.88. The van der Waals surface area contributed by atoms with Crippen molar-refractivity contribution >= 4 is 0 Å². The monoisotopic (exact) mass is 262 g/mol. The number of nitrogens with one attached hydrogen (secondary N) is 1. The smallest absolute Gasteiger partial charge is 0.231 e. The van der Waals surface area contributed by atoms with Crippen molar-refractivity contribution in [2.75, 3.05) is 19.9 Å². The Morgan fingerprint density at radius 3 is 2.95 bits per heavy atom. The molecule has 1 aromatic carbocycles. The number of hydrogen-bond donors (Lipinski definition) is 1. The summed E-state index contributed by atoms with van der Waals surface area (Å²) in [5.41, 5.74) is -0.688. The molecule has 5 nitrogen and oxygen atoms in total. The van der Waals surface area contributed by atoms with Gasteiger partial charge in [0.25, 0.3) is 0 Å². The van der Waals surface area contributed by atoms with E-state index in [2.05, 4.69) is 18.3 Å². The molecule has 0 amide bonds. The molecule has 19 heavy (non-hydrogen) atoms. The molecule has 5 heteroatoms. The second kappa shape index (κ2) is 5.81. The normalized spacial score (nSPS) is 15.6. The lowest BCUT2D eigenvalue weighted by Crippen LogP contribution is -2.46. The molecule has 1 aliphatic rings. The Balaban J connectivity index is 1.96. The molecule has 0 aromatic heterocycles. The van der Waals surface area contributed by atoms with Crippen molar-refractivity contribution in [3.63, 3.8) is 0 Å². The van der Waals surface area contributed by atoms with Crippen LogP contribution in [0, 0.1) is 11.3 Å². The van der Waals surface area contributed by atoms with Crippen LogP contribution in [0.3, 0.4) is 0 Å². The molecule has 1 N–H and O–H groups in total. The van der Waals surface area contributed by atoms with Crippen LogP contribution in [-0.2, 0) is 0 Å². The lowest BCUT2D eigenvalue weighted by Gasteiger charge is -2.23. The first-order chi connectivity index (χ1) is 9.17. The van der Waals surface area contributed by atoms with Crippen LogP contribution in [0.4, 0.5) is 0 Å². The van der Waals surface area contributed by atoms with Gasteiger partial charge in [-0.3, -0.25) is 5.32 Å². The van der Waals surface area contributed by atoms with Gasteiger partial charge in [-0.2, -0.15) is 5.26 Å². The fourth-order valence-electron chi connectivity index (χ4n) is 1.72. The third-order valence-electron chi connectivity index (χ3n) is 2.88. The predicted octanol–water partition coefficient (Wildman–Crippen LogP) is 2.08. The van der Waals surface area contributed by atoms with Crippen molar-refractivity contribution < 1.29 is 14.2 Å². The summed E-state index contributed by atoms with van der Waals surface area (Å²) in [6.45, 7) is 5.20. The maximum absolute atomic E-state index is 9.21. The van der Waals surface area contributed by atoms with Crippen LogP contribution in [-0.4, -0.2) is 25.5 Å². The Labute approximate surface area is 113 Å². The van der Waals surface area contributed by atoms with Gasteiger partial charge in [0.1, 0.15) is 17.9 Å². The van der Waals surface area contributed by atoms with Gasteiger partial charge in [-0.05, 0) is 32.0 Å². The molecule has 0 fully saturated rings. The zero-order chi connectivity index (χ0) is 13.7. The Morgan fingerprint density at radius 2 is 2.21 bits per heavy atom. The first-order valence-electron chi connectivity index (χ1n) is 6.35. The highest BCUT2D eigenvalue weighted by Gasteiger charge is 2.24. The minimum atomic E-state index is -0.688. The van der Waals surface area contributed by atoms with Gasteiger partial charge in [0, 0.05) is 6.07 Å². The Hall–Kier alpha value is -1.93. The van der Waals surface area contributed by atoms with Gasteiger partial charge in [-0.25, -0.2) is 0 Å². The van der Waals surface area contributed by atoms with E-state index in [4.69, 9.17) is 14.2 Å². The minimum absolute atomic E-state index is 0.243. The summed E-state index contributed by atoms with van der Waals surface area (Å²) in [5, 5.41) is 12.4. The van der Waals surface area contributed by atoms with E-state index in [1.54, 1.807) is 12.1 Å². The van der Waals surface area contributed by atoms with E-state index >= 15 is 0 Å². The van der Waals surface area contributed by atoms with Crippen LogP contribution in [0.15, 0.2) is 18.2 Å². The number of ether oxygens (including phenoxy) is 3. The predicted molar refractivity (Wildman–Crippen MR) is 70.4 cm³/mol.